The SMILES string of the molecule is C=CC(=O)Nc1cccc(Nc2nc(Nc3ccc4c(c3)B(O)OC4)ncc2Cl)c1. The van der Waals surface area contributed by atoms with Crippen molar-refractivity contribution in [2.24, 2.45) is 0 Å². The van der Waals surface area contributed by atoms with Gasteiger partial charge in [-0.1, -0.05) is 30.3 Å². The van der Waals surface area contributed by atoms with Crippen molar-refractivity contribution in [2.45, 2.75) is 6.61 Å². The van der Waals surface area contributed by atoms with Crippen molar-refractivity contribution >= 4 is 58.9 Å². The number of hydrogen-bond acceptors (Lipinski definition) is 7. The summed E-state index contributed by atoms with van der Waals surface area (Å²) >= 11 is 6.24. The molecule has 2 heterocycles. The third-order valence-electron chi connectivity index (χ3n) is 4.39. The van der Waals surface area contributed by atoms with E-state index in [9.17, 15) is 9.82 Å². The Labute approximate surface area is 178 Å². The molecule has 0 radical (unpaired) electrons. The Bertz CT molecular complexity index is 1130. The zero-order valence-electron chi connectivity index (χ0n) is 15.7. The molecule has 3 aromatic rings. The highest BCUT2D eigenvalue weighted by Gasteiger charge is 2.27. The third-order valence-corrected chi connectivity index (χ3v) is 4.66. The molecule has 150 valence electrons. The largest absolute Gasteiger partial charge is 0.491 e. The van der Waals surface area contributed by atoms with Crippen molar-refractivity contribution in [1.29, 1.82) is 0 Å². The summed E-state index contributed by atoms with van der Waals surface area (Å²) in [5.74, 6) is 0.417. The molecule has 4 rings (SSSR count). The molecule has 0 fully saturated rings. The average molecular weight is 422 g/mol. The predicted molar refractivity (Wildman–Crippen MR) is 118 cm³/mol. The lowest BCUT2D eigenvalue weighted by atomic mass is 9.79. The quantitative estimate of drug-likeness (QED) is 0.358. The van der Waals surface area contributed by atoms with Crippen LogP contribution < -0.4 is 21.4 Å². The van der Waals surface area contributed by atoms with Crippen LogP contribution in [0.15, 0.2) is 61.3 Å². The van der Waals surface area contributed by atoms with E-state index in [1.54, 1.807) is 24.3 Å². The van der Waals surface area contributed by atoms with Gasteiger partial charge in [0, 0.05) is 17.1 Å². The van der Waals surface area contributed by atoms with Gasteiger partial charge in [-0.25, -0.2) is 4.98 Å². The molecule has 0 aliphatic carbocycles. The lowest BCUT2D eigenvalue weighted by Crippen LogP contribution is -2.28. The fraction of sp³-hybridized carbons (Fsp3) is 0.0500. The molecule has 1 aromatic heterocycles. The number of benzene rings is 2. The summed E-state index contributed by atoms with van der Waals surface area (Å²) in [4.78, 5) is 20.1. The molecule has 10 heteroatoms. The number of nitrogens with one attached hydrogen (secondary N) is 3. The fourth-order valence-corrected chi connectivity index (χ4v) is 3.08. The fourth-order valence-electron chi connectivity index (χ4n) is 2.94. The van der Waals surface area contributed by atoms with E-state index in [2.05, 4.69) is 32.5 Å². The van der Waals surface area contributed by atoms with Crippen molar-refractivity contribution in [3.8, 4) is 0 Å². The summed E-state index contributed by atoms with van der Waals surface area (Å²) in [5.41, 5.74) is 3.65. The zero-order valence-corrected chi connectivity index (χ0v) is 16.5. The number of rotatable bonds is 6. The first-order chi connectivity index (χ1) is 14.5. The first kappa shape index (κ1) is 19.9. The third kappa shape index (κ3) is 4.43. The number of anilines is 5. The molecule has 0 spiro atoms. The second kappa shape index (κ2) is 8.54. The molecule has 1 aliphatic heterocycles. The van der Waals surface area contributed by atoms with Crippen LogP contribution in [0.4, 0.5) is 28.8 Å². The van der Waals surface area contributed by atoms with E-state index in [4.69, 9.17) is 16.3 Å². The molecular formula is C20H17BClN5O3. The molecule has 1 amide bonds. The molecular weight excluding hydrogens is 405 g/mol. The average Bonchev–Trinajstić information content (AvgIpc) is 3.11. The van der Waals surface area contributed by atoms with Crippen molar-refractivity contribution in [1.82, 2.24) is 9.97 Å². The van der Waals surface area contributed by atoms with E-state index >= 15 is 0 Å². The van der Waals surface area contributed by atoms with Crippen LogP contribution >= 0.6 is 11.6 Å². The van der Waals surface area contributed by atoms with E-state index in [1.807, 2.05) is 18.2 Å². The Morgan fingerprint density at radius 1 is 1.20 bits per heavy atom. The van der Waals surface area contributed by atoms with Gasteiger partial charge in [0.15, 0.2) is 5.82 Å². The number of nitrogens with zero attached hydrogens (tertiary/aromatic N) is 2. The highest BCUT2D eigenvalue weighted by Crippen LogP contribution is 2.26. The van der Waals surface area contributed by atoms with Gasteiger partial charge in [0.25, 0.3) is 0 Å². The molecule has 0 bridgehead atoms. The van der Waals surface area contributed by atoms with E-state index in [1.165, 1.54) is 12.3 Å². The Morgan fingerprint density at radius 3 is 2.83 bits per heavy atom. The van der Waals surface area contributed by atoms with Crippen molar-refractivity contribution < 1.29 is 14.5 Å². The number of amides is 1. The molecule has 2 aromatic carbocycles. The first-order valence-electron chi connectivity index (χ1n) is 9.04. The molecule has 1 aliphatic rings. The molecule has 30 heavy (non-hydrogen) atoms. The molecule has 0 atom stereocenters. The molecule has 4 N–H and O–H groups in total. The zero-order chi connectivity index (χ0) is 21.1. The number of aromatic nitrogens is 2. The highest BCUT2D eigenvalue weighted by molar-refractivity contribution is 6.61. The van der Waals surface area contributed by atoms with Gasteiger partial charge in [-0.15, -0.1) is 0 Å². The standard InChI is InChI=1S/C20H17BClN5O3/c1-2-18(28)24-13-4-3-5-14(8-13)25-19-17(22)10-23-20(27-19)26-15-7-6-12-11-30-21(29)16(12)9-15/h2-10,29H,1,11H2,(H,24,28)(H2,23,25,26,27). The Kier molecular flexibility index (Phi) is 5.67. The van der Waals surface area contributed by atoms with Crippen LogP contribution in [0.25, 0.3) is 0 Å². The van der Waals surface area contributed by atoms with Crippen LogP contribution in [0.3, 0.4) is 0 Å². The second-order valence-electron chi connectivity index (χ2n) is 6.49. The van der Waals surface area contributed by atoms with E-state index in [-0.39, 0.29) is 5.91 Å². The smallest absolute Gasteiger partial charge is 0.423 e. The van der Waals surface area contributed by atoms with Crippen molar-refractivity contribution in [3.63, 3.8) is 0 Å². The minimum atomic E-state index is -0.932. The highest BCUT2D eigenvalue weighted by atomic mass is 35.5. The maximum absolute atomic E-state index is 11.5. The second-order valence-corrected chi connectivity index (χ2v) is 6.90. The van der Waals surface area contributed by atoms with E-state index < -0.39 is 7.12 Å². The van der Waals surface area contributed by atoms with Crippen LogP contribution in [0.1, 0.15) is 5.56 Å². The van der Waals surface area contributed by atoms with Gasteiger partial charge in [-0.3, -0.25) is 4.79 Å². The van der Waals surface area contributed by atoms with Crippen LogP contribution in [-0.2, 0) is 16.1 Å². The summed E-state index contributed by atoms with van der Waals surface area (Å²) < 4.78 is 5.21. The van der Waals surface area contributed by atoms with Gasteiger partial charge >= 0.3 is 7.12 Å². The van der Waals surface area contributed by atoms with Gasteiger partial charge in [-0.2, -0.15) is 4.98 Å². The van der Waals surface area contributed by atoms with Crippen LogP contribution in [0.2, 0.25) is 5.02 Å². The lowest BCUT2D eigenvalue weighted by molar-refractivity contribution is -0.111. The Morgan fingerprint density at radius 2 is 2.00 bits per heavy atom. The molecule has 8 nitrogen and oxygen atoms in total. The van der Waals surface area contributed by atoms with Crippen molar-refractivity contribution in [2.75, 3.05) is 16.0 Å². The maximum atomic E-state index is 11.5. The molecule has 0 saturated heterocycles. The number of carbonyl (C=O) groups excluding carboxylic acids is 1. The number of hydrogen-bond donors (Lipinski definition) is 4. The van der Waals surface area contributed by atoms with Crippen LogP contribution in [0, 0.1) is 0 Å². The maximum Gasteiger partial charge on any atom is 0.491 e. The van der Waals surface area contributed by atoms with Gasteiger partial charge in [0.2, 0.25) is 11.9 Å². The van der Waals surface area contributed by atoms with Gasteiger partial charge < -0.3 is 25.6 Å². The summed E-state index contributed by atoms with van der Waals surface area (Å²) in [6, 6.07) is 12.6. The summed E-state index contributed by atoms with van der Waals surface area (Å²) in [5, 5.41) is 19.1. The monoisotopic (exact) mass is 421 g/mol. The molecule has 0 saturated carbocycles. The van der Waals surface area contributed by atoms with Gasteiger partial charge in [0.1, 0.15) is 5.02 Å². The minimum Gasteiger partial charge on any atom is -0.423 e. The van der Waals surface area contributed by atoms with Gasteiger partial charge in [-0.05, 0) is 47.4 Å². The normalized spacial score (nSPS) is 12.3. The molecule has 0 unspecified atom stereocenters. The Balaban J connectivity index is 1.53. The van der Waals surface area contributed by atoms with Crippen molar-refractivity contribution in [3.05, 3.63) is 71.9 Å². The minimum absolute atomic E-state index is 0.302. The number of fused-ring (bicyclic) bond motifs is 1. The number of halogens is 1. The van der Waals surface area contributed by atoms with Crippen LogP contribution in [0.5, 0.6) is 0 Å². The predicted octanol–water partition coefficient (Wildman–Crippen LogP) is 2.96. The summed E-state index contributed by atoms with van der Waals surface area (Å²) in [7, 11) is -0.932. The number of carbonyl (C=O) groups is 1. The van der Waals surface area contributed by atoms with E-state index in [0.29, 0.717) is 45.9 Å². The topological polar surface area (TPSA) is 108 Å². The van der Waals surface area contributed by atoms with Gasteiger partial charge in [0.05, 0.1) is 12.8 Å². The summed E-state index contributed by atoms with van der Waals surface area (Å²) in [6.07, 6.45) is 2.68. The van der Waals surface area contributed by atoms with E-state index in [0.717, 1.165) is 5.56 Å². The Hall–Kier alpha value is -3.40. The summed E-state index contributed by atoms with van der Waals surface area (Å²) in [6.45, 7) is 3.82. The lowest BCUT2D eigenvalue weighted by Gasteiger charge is -2.12. The first-order valence-corrected chi connectivity index (χ1v) is 9.42. The van der Waals surface area contributed by atoms with Crippen LogP contribution in [-0.4, -0.2) is 28.0 Å².